The predicted octanol–water partition coefficient (Wildman–Crippen LogP) is 4.65. The van der Waals surface area contributed by atoms with Crippen LogP contribution in [-0.2, 0) is 11.3 Å². The summed E-state index contributed by atoms with van der Waals surface area (Å²) in [6.45, 7) is 2.84. The van der Waals surface area contributed by atoms with E-state index in [4.69, 9.17) is 9.15 Å². The molecule has 0 spiro atoms. The summed E-state index contributed by atoms with van der Waals surface area (Å²) < 4.78 is 10.5. The van der Waals surface area contributed by atoms with Crippen molar-refractivity contribution >= 4 is 29.4 Å². The molecule has 1 heterocycles. The third kappa shape index (κ3) is 6.56. The summed E-state index contributed by atoms with van der Waals surface area (Å²) in [6, 6.07) is 17.5. The molecule has 0 radical (unpaired) electrons. The summed E-state index contributed by atoms with van der Waals surface area (Å²) in [4.78, 5) is 24.0. The Balaban J connectivity index is 1.46. The van der Waals surface area contributed by atoms with Crippen molar-refractivity contribution in [1.82, 2.24) is 5.32 Å². The zero-order valence-corrected chi connectivity index (χ0v) is 16.6. The Bertz CT molecular complexity index is 978. The highest BCUT2D eigenvalue weighted by molar-refractivity contribution is 6.02. The quantitative estimate of drug-likeness (QED) is 0.476. The first kappa shape index (κ1) is 20.7. The molecule has 0 aliphatic heterocycles. The van der Waals surface area contributed by atoms with Crippen LogP contribution in [0.5, 0.6) is 5.75 Å². The number of anilines is 2. The Morgan fingerprint density at radius 1 is 0.967 bits per heavy atom. The van der Waals surface area contributed by atoms with Crippen LogP contribution in [0, 0.1) is 0 Å². The number of carbonyl (C=O) groups excluding carboxylic acids is 2. The van der Waals surface area contributed by atoms with Crippen molar-refractivity contribution in [2.75, 3.05) is 17.2 Å². The number of rotatable bonds is 8. The highest BCUT2D eigenvalue weighted by Gasteiger charge is 2.04. The summed E-state index contributed by atoms with van der Waals surface area (Å²) in [5.41, 5.74) is 2.13. The Labute approximate surface area is 174 Å². The van der Waals surface area contributed by atoms with Gasteiger partial charge in [0.15, 0.2) is 0 Å². The third-order valence-corrected chi connectivity index (χ3v) is 4.03. The molecule has 3 aromatic rings. The zero-order valence-electron chi connectivity index (χ0n) is 16.6. The van der Waals surface area contributed by atoms with Gasteiger partial charge >= 0.3 is 6.03 Å². The molecule has 0 fully saturated rings. The topological polar surface area (TPSA) is 92.6 Å². The second-order valence-electron chi connectivity index (χ2n) is 6.29. The van der Waals surface area contributed by atoms with E-state index in [0.717, 1.165) is 11.3 Å². The first-order valence-corrected chi connectivity index (χ1v) is 9.51. The Kier molecular flexibility index (Phi) is 7.27. The molecule has 1 aromatic heterocycles. The third-order valence-electron chi connectivity index (χ3n) is 4.03. The minimum Gasteiger partial charge on any atom is -0.494 e. The minimum absolute atomic E-state index is 0.249. The average Bonchev–Trinajstić information content (AvgIpc) is 3.27. The average molecular weight is 405 g/mol. The molecular formula is C23H23N3O4. The molecule has 0 saturated carbocycles. The van der Waals surface area contributed by atoms with Crippen molar-refractivity contribution < 1.29 is 18.7 Å². The van der Waals surface area contributed by atoms with E-state index in [1.165, 1.54) is 6.08 Å². The van der Waals surface area contributed by atoms with Gasteiger partial charge in [-0.25, -0.2) is 4.79 Å². The first-order valence-electron chi connectivity index (χ1n) is 9.51. The number of hydrogen-bond donors (Lipinski definition) is 3. The number of hydrogen-bond acceptors (Lipinski definition) is 4. The van der Waals surface area contributed by atoms with Gasteiger partial charge in [-0.3, -0.25) is 4.79 Å². The molecule has 3 N–H and O–H groups in total. The smallest absolute Gasteiger partial charge is 0.319 e. The molecule has 3 amide bonds. The number of ether oxygens (including phenoxy) is 1. The fourth-order valence-electron chi connectivity index (χ4n) is 2.59. The molecule has 0 aliphatic rings. The van der Waals surface area contributed by atoms with E-state index in [1.807, 2.05) is 31.2 Å². The summed E-state index contributed by atoms with van der Waals surface area (Å²) in [7, 11) is 0. The molecule has 7 heteroatoms. The number of benzene rings is 2. The van der Waals surface area contributed by atoms with E-state index in [9.17, 15) is 9.59 Å². The van der Waals surface area contributed by atoms with Crippen molar-refractivity contribution in [2.24, 2.45) is 0 Å². The maximum atomic E-state index is 12.1. The van der Waals surface area contributed by atoms with Crippen LogP contribution in [0.15, 0.2) is 77.4 Å². The van der Waals surface area contributed by atoms with Gasteiger partial charge in [-0.15, -0.1) is 0 Å². The Morgan fingerprint density at radius 2 is 1.67 bits per heavy atom. The number of carbonyl (C=O) groups is 2. The van der Waals surface area contributed by atoms with Crippen LogP contribution in [0.4, 0.5) is 16.2 Å². The summed E-state index contributed by atoms with van der Waals surface area (Å²) in [5.74, 6) is 1.21. The molecule has 154 valence electrons. The monoisotopic (exact) mass is 405 g/mol. The van der Waals surface area contributed by atoms with Crippen molar-refractivity contribution in [3.63, 3.8) is 0 Å². The largest absolute Gasteiger partial charge is 0.494 e. The Hall–Kier alpha value is -4.00. The van der Waals surface area contributed by atoms with E-state index in [-0.39, 0.29) is 11.9 Å². The normalized spacial score (nSPS) is 10.6. The zero-order chi connectivity index (χ0) is 21.2. The second kappa shape index (κ2) is 10.5. The lowest BCUT2D eigenvalue weighted by atomic mass is 10.2. The van der Waals surface area contributed by atoms with Gasteiger partial charge in [-0.05, 0) is 67.1 Å². The molecule has 2 aromatic carbocycles. The molecule has 30 heavy (non-hydrogen) atoms. The number of urea groups is 1. The molecule has 0 atom stereocenters. The van der Waals surface area contributed by atoms with Crippen molar-refractivity contribution in [1.29, 1.82) is 0 Å². The summed E-state index contributed by atoms with van der Waals surface area (Å²) in [5, 5.41) is 8.19. The highest BCUT2D eigenvalue weighted by Crippen LogP contribution is 2.15. The molecule has 3 rings (SSSR count). The SMILES string of the molecule is CCOc1ccc(/C=C/C(=O)Nc2ccc(NC(=O)NCc3ccco3)cc2)cc1. The van der Waals surface area contributed by atoms with Gasteiger partial charge in [0.25, 0.3) is 0 Å². The van der Waals surface area contributed by atoms with Gasteiger partial charge in [0.1, 0.15) is 11.5 Å². The van der Waals surface area contributed by atoms with E-state index in [2.05, 4.69) is 16.0 Å². The lowest BCUT2D eigenvalue weighted by molar-refractivity contribution is -0.111. The van der Waals surface area contributed by atoms with Crippen LogP contribution >= 0.6 is 0 Å². The number of nitrogens with one attached hydrogen (secondary N) is 3. The van der Waals surface area contributed by atoms with E-state index in [0.29, 0.717) is 30.3 Å². The molecule has 0 aliphatic carbocycles. The van der Waals surface area contributed by atoms with Crippen LogP contribution < -0.4 is 20.7 Å². The van der Waals surface area contributed by atoms with Gasteiger partial charge in [-0.2, -0.15) is 0 Å². The van der Waals surface area contributed by atoms with Gasteiger partial charge in [0.2, 0.25) is 5.91 Å². The van der Waals surface area contributed by atoms with E-state index < -0.39 is 0 Å². The lowest BCUT2D eigenvalue weighted by Gasteiger charge is -2.08. The number of furan rings is 1. The second-order valence-corrected chi connectivity index (χ2v) is 6.29. The fraction of sp³-hybridized carbons (Fsp3) is 0.130. The maximum Gasteiger partial charge on any atom is 0.319 e. The van der Waals surface area contributed by atoms with Crippen LogP contribution in [-0.4, -0.2) is 18.5 Å². The molecule has 7 nitrogen and oxygen atoms in total. The standard InChI is InChI=1S/C23H23N3O4/c1-2-29-20-12-5-17(6-13-20)7-14-22(27)25-18-8-10-19(11-9-18)26-23(28)24-16-21-4-3-15-30-21/h3-15H,2,16H2,1H3,(H,25,27)(H2,24,26,28)/b14-7+. The van der Waals surface area contributed by atoms with Gasteiger partial charge in [0, 0.05) is 17.5 Å². The van der Waals surface area contributed by atoms with Gasteiger partial charge in [0.05, 0.1) is 19.4 Å². The molecule has 0 saturated heterocycles. The number of amides is 3. The maximum absolute atomic E-state index is 12.1. The summed E-state index contributed by atoms with van der Waals surface area (Å²) in [6.07, 6.45) is 4.74. The highest BCUT2D eigenvalue weighted by atomic mass is 16.5. The van der Waals surface area contributed by atoms with Crippen molar-refractivity contribution in [3.05, 3.63) is 84.3 Å². The fourth-order valence-corrected chi connectivity index (χ4v) is 2.59. The van der Waals surface area contributed by atoms with Crippen LogP contribution in [0.3, 0.4) is 0 Å². The van der Waals surface area contributed by atoms with Crippen molar-refractivity contribution in [2.45, 2.75) is 13.5 Å². The van der Waals surface area contributed by atoms with E-state index >= 15 is 0 Å². The first-order chi connectivity index (χ1) is 14.6. The van der Waals surface area contributed by atoms with Crippen LogP contribution in [0.25, 0.3) is 6.08 Å². The van der Waals surface area contributed by atoms with Crippen LogP contribution in [0.1, 0.15) is 18.2 Å². The van der Waals surface area contributed by atoms with E-state index in [1.54, 1.807) is 48.7 Å². The van der Waals surface area contributed by atoms with Gasteiger partial charge in [-0.1, -0.05) is 12.1 Å². The minimum atomic E-state index is -0.346. The lowest BCUT2D eigenvalue weighted by Crippen LogP contribution is -2.27. The van der Waals surface area contributed by atoms with Crippen LogP contribution in [0.2, 0.25) is 0 Å². The van der Waals surface area contributed by atoms with Gasteiger partial charge < -0.3 is 25.1 Å². The molecule has 0 bridgehead atoms. The molecule has 0 unspecified atom stereocenters. The van der Waals surface area contributed by atoms with Crippen molar-refractivity contribution in [3.8, 4) is 5.75 Å². The molecular weight excluding hydrogens is 382 g/mol. The Morgan fingerprint density at radius 3 is 2.30 bits per heavy atom. The predicted molar refractivity (Wildman–Crippen MR) is 116 cm³/mol. The summed E-state index contributed by atoms with van der Waals surface area (Å²) >= 11 is 0.